The van der Waals surface area contributed by atoms with Crippen molar-refractivity contribution in [2.45, 2.75) is 24.8 Å². The lowest BCUT2D eigenvalue weighted by Gasteiger charge is -2.34. The highest BCUT2D eigenvalue weighted by atomic mass is 32.2. The van der Waals surface area contributed by atoms with Gasteiger partial charge in [-0.25, -0.2) is 13.2 Å². The number of carboxylic acids is 1. The van der Waals surface area contributed by atoms with E-state index in [0.717, 1.165) is 0 Å². The lowest BCUT2D eigenvalue weighted by molar-refractivity contribution is -0.132. The Kier molecular flexibility index (Phi) is 5.52. The molecule has 3 rings (SSSR count). The Balaban J connectivity index is 1.55. The number of amides is 1. The smallest absolute Gasteiger partial charge is 0.356 e. The first-order valence-corrected chi connectivity index (χ1v) is 10.2. The summed E-state index contributed by atoms with van der Waals surface area (Å²) in [6, 6.07) is 1.37. The lowest BCUT2D eigenvalue weighted by atomic mass is 10.3. The molecule has 2 aromatic rings. The van der Waals surface area contributed by atoms with E-state index in [-0.39, 0.29) is 42.6 Å². The van der Waals surface area contributed by atoms with Crippen LogP contribution in [0.5, 0.6) is 0 Å². The van der Waals surface area contributed by atoms with Gasteiger partial charge in [0.25, 0.3) is 0 Å². The molecular weight excluding hydrogens is 388 g/mol. The number of aromatic nitrogens is 4. The van der Waals surface area contributed by atoms with Crippen LogP contribution < -0.4 is 0 Å². The van der Waals surface area contributed by atoms with Gasteiger partial charge in [0.05, 0.1) is 11.9 Å². The summed E-state index contributed by atoms with van der Waals surface area (Å²) in [5.41, 5.74) is 0.496. The minimum absolute atomic E-state index is 0.0723. The van der Waals surface area contributed by atoms with Crippen molar-refractivity contribution in [3.8, 4) is 0 Å². The zero-order chi connectivity index (χ0) is 20.5. The van der Waals surface area contributed by atoms with Crippen LogP contribution in [-0.4, -0.2) is 80.3 Å². The maximum absolute atomic E-state index is 12.8. The molecule has 11 nitrogen and oxygen atoms in total. The molecule has 1 aliphatic heterocycles. The summed E-state index contributed by atoms with van der Waals surface area (Å²) < 4.78 is 29.8. The van der Waals surface area contributed by atoms with Gasteiger partial charge in [0, 0.05) is 52.4 Å². The molecule has 0 spiro atoms. The maximum atomic E-state index is 12.8. The van der Waals surface area contributed by atoms with Crippen LogP contribution in [0.1, 0.15) is 22.6 Å². The Bertz CT molecular complexity index is 987. The summed E-state index contributed by atoms with van der Waals surface area (Å²) in [4.78, 5) is 25.0. The molecule has 1 N–H and O–H groups in total. The summed E-state index contributed by atoms with van der Waals surface area (Å²) in [7, 11) is -1.95. The Hall–Kier alpha value is -2.73. The van der Waals surface area contributed by atoms with Crippen LogP contribution in [0.3, 0.4) is 0 Å². The molecular formula is C16H22N6O5S. The average Bonchev–Trinajstić information content (AvgIpc) is 3.27. The zero-order valence-electron chi connectivity index (χ0n) is 15.6. The number of carbonyl (C=O) groups is 2. The molecule has 1 saturated heterocycles. The Morgan fingerprint density at radius 2 is 1.89 bits per heavy atom. The van der Waals surface area contributed by atoms with Gasteiger partial charge in [0.2, 0.25) is 15.9 Å². The number of aryl methyl sites for hydroxylation is 2. The fraction of sp³-hybridized carbons (Fsp3) is 0.500. The van der Waals surface area contributed by atoms with Gasteiger partial charge in [0.1, 0.15) is 4.90 Å². The summed E-state index contributed by atoms with van der Waals surface area (Å²) in [6.07, 6.45) is 3.02. The predicted octanol–water partition coefficient (Wildman–Crippen LogP) is -0.454. The molecule has 1 amide bonds. The minimum atomic E-state index is -3.64. The van der Waals surface area contributed by atoms with Crippen LogP contribution in [0, 0.1) is 6.92 Å². The number of carbonyl (C=O) groups excluding carboxylic acids is 1. The lowest BCUT2D eigenvalue weighted by Crippen LogP contribution is -2.50. The minimum Gasteiger partial charge on any atom is -0.476 e. The summed E-state index contributed by atoms with van der Waals surface area (Å²) in [5, 5.41) is 16.7. The molecule has 0 bridgehead atoms. The van der Waals surface area contributed by atoms with Gasteiger partial charge in [-0.05, 0) is 13.0 Å². The molecule has 12 heteroatoms. The van der Waals surface area contributed by atoms with Crippen LogP contribution in [0.4, 0.5) is 0 Å². The summed E-state index contributed by atoms with van der Waals surface area (Å²) >= 11 is 0. The van der Waals surface area contributed by atoms with E-state index in [9.17, 15) is 18.0 Å². The van der Waals surface area contributed by atoms with Crippen molar-refractivity contribution in [1.82, 2.24) is 28.8 Å². The van der Waals surface area contributed by atoms with Gasteiger partial charge in [-0.1, -0.05) is 0 Å². The Labute approximate surface area is 162 Å². The number of sulfonamides is 1. The SMILES string of the molecule is Cc1c(S(=O)(=O)N2CCN(C(=O)CCn3ccc(C(=O)O)n3)CC2)cnn1C. The van der Waals surface area contributed by atoms with Crippen LogP contribution in [0.15, 0.2) is 23.4 Å². The van der Waals surface area contributed by atoms with Crippen molar-refractivity contribution in [2.24, 2.45) is 7.05 Å². The quantitative estimate of drug-likeness (QED) is 0.682. The highest BCUT2D eigenvalue weighted by Gasteiger charge is 2.32. The van der Waals surface area contributed by atoms with E-state index in [1.165, 1.54) is 32.1 Å². The molecule has 0 radical (unpaired) electrons. The molecule has 0 saturated carbocycles. The van der Waals surface area contributed by atoms with Crippen LogP contribution in [-0.2, 0) is 28.4 Å². The summed E-state index contributed by atoms with van der Waals surface area (Å²) in [5.74, 6) is -1.24. The number of aromatic carboxylic acids is 1. The standard InChI is InChI=1S/C16H22N6O5S/c1-12-14(11-17-19(12)2)28(26,27)22-9-7-20(8-10-22)15(23)4-6-21-5-3-13(18-21)16(24)25/h3,5,11H,4,6-10H2,1-2H3,(H,24,25). The second kappa shape index (κ2) is 7.72. The molecule has 0 aliphatic carbocycles. The third-order valence-corrected chi connectivity index (χ3v) is 6.82. The molecule has 152 valence electrons. The van der Waals surface area contributed by atoms with E-state index in [4.69, 9.17) is 5.11 Å². The number of nitrogens with zero attached hydrogens (tertiary/aromatic N) is 6. The van der Waals surface area contributed by atoms with E-state index >= 15 is 0 Å². The van der Waals surface area contributed by atoms with E-state index < -0.39 is 16.0 Å². The first kappa shape index (κ1) is 20.0. The molecule has 2 aromatic heterocycles. The summed E-state index contributed by atoms with van der Waals surface area (Å²) in [6.45, 7) is 3.00. The third-order valence-electron chi connectivity index (χ3n) is 4.81. The highest BCUT2D eigenvalue weighted by Crippen LogP contribution is 2.20. The second-order valence-electron chi connectivity index (χ2n) is 6.52. The third kappa shape index (κ3) is 3.92. The van der Waals surface area contributed by atoms with E-state index in [2.05, 4.69) is 10.2 Å². The number of piperazine rings is 1. The van der Waals surface area contributed by atoms with Crippen molar-refractivity contribution in [3.63, 3.8) is 0 Å². The second-order valence-corrected chi connectivity index (χ2v) is 8.43. The molecule has 28 heavy (non-hydrogen) atoms. The normalized spacial score (nSPS) is 15.7. The molecule has 3 heterocycles. The topological polar surface area (TPSA) is 131 Å². The van der Waals surface area contributed by atoms with Crippen molar-refractivity contribution in [3.05, 3.63) is 29.8 Å². The predicted molar refractivity (Wildman–Crippen MR) is 97.1 cm³/mol. The number of hydrogen-bond acceptors (Lipinski definition) is 6. The van der Waals surface area contributed by atoms with Crippen molar-refractivity contribution >= 4 is 21.9 Å². The van der Waals surface area contributed by atoms with E-state index in [0.29, 0.717) is 18.8 Å². The van der Waals surface area contributed by atoms with Crippen LogP contribution in [0.2, 0.25) is 0 Å². The highest BCUT2D eigenvalue weighted by molar-refractivity contribution is 7.89. The Morgan fingerprint density at radius 1 is 1.21 bits per heavy atom. The number of rotatable bonds is 6. The van der Waals surface area contributed by atoms with Crippen molar-refractivity contribution in [2.75, 3.05) is 26.2 Å². The molecule has 1 fully saturated rings. The van der Waals surface area contributed by atoms with Gasteiger partial charge >= 0.3 is 5.97 Å². The average molecular weight is 410 g/mol. The monoisotopic (exact) mass is 410 g/mol. The molecule has 0 atom stereocenters. The molecule has 0 unspecified atom stereocenters. The largest absolute Gasteiger partial charge is 0.476 e. The first-order chi connectivity index (χ1) is 13.2. The van der Waals surface area contributed by atoms with Crippen molar-refractivity contribution in [1.29, 1.82) is 0 Å². The number of hydrogen-bond donors (Lipinski definition) is 1. The van der Waals surface area contributed by atoms with Crippen LogP contribution in [0.25, 0.3) is 0 Å². The fourth-order valence-electron chi connectivity index (χ4n) is 3.02. The Morgan fingerprint density at radius 3 is 2.43 bits per heavy atom. The number of carboxylic acid groups (broad SMARTS) is 1. The first-order valence-electron chi connectivity index (χ1n) is 8.73. The molecule has 1 aliphatic rings. The van der Waals surface area contributed by atoms with Gasteiger partial charge in [-0.3, -0.25) is 14.2 Å². The van der Waals surface area contributed by atoms with Crippen molar-refractivity contribution < 1.29 is 23.1 Å². The van der Waals surface area contributed by atoms with E-state index in [1.807, 2.05) is 0 Å². The van der Waals surface area contributed by atoms with Gasteiger partial charge < -0.3 is 10.0 Å². The van der Waals surface area contributed by atoms with E-state index in [1.54, 1.807) is 18.9 Å². The zero-order valence-corrected chi connectivity index (χ0v) is 16.5. The van der Waals surface area contributed by atoms with Gasteiger partial charge in [0.15, 0.2) is 5.69 Å². The van der Waals surface area contributed by atoms with Gasteiger partial charge in [-0.15, -0.1) is 0 Å². The van der Waals surface area contributed by atoms with Crippen LogP contribution >= 0.6 is 0 Å². The fourth-order valence-corrected chi connectivity index (χ4v) is 4.63. The van der Waals surface area contributed by atoms with Gasteiger partial charge in [-0.2, -0.15) is 14.5 Å². The maximum Gasteiger partial charge on any atom is 0.356 e. The molecule has 0 aromatic carbocycles.